The van der Waals surface area contributed by atoms with Crippen LogP contribution < -0.4 is 10.6 Å². The number of hydrogen-bond donors (Lipinski definition) is 2. The van der Waals surface area contributed by atoms with Gasteiger partial charge in [-0.25, -0.2) is 4.79 Å². The Morgan fingerprint density at radius 2 is 2.24 bits per heavy atom. The summed E-state index contributed by atoms with van der Waals surface area (Å²) in [6.07, 6.45) is 5.53. The van der Waals surface area contributed by atoms with E-state index in [0.717, 1.165) is 24.2 Å². The molecule has 5 heteroatoms. The molecule has 0 radical (unpaired) electrons. The summed E-state index contributed by atoms with van der Waals surface area (Å²) in [4.78, 5) is 11.8. The van der Waals surface area contributed by atoms with E-state index >= 15 is 0 Å². The molecule has 0 spiro atoms. The number of carbonyl (C=O) groups excluding carboxylic acids is 1. The van der Waals surface area contributed by atoms with Gasteiger partial charge in [-0.15, -0.1) is 0 Å². The first-order chi connectivity index (χ1) is 10.1. The second-order valence-electron chi connectivity index (χ2n) is 5.38. The fourth-order valence-electron chi connectivity index (χ4n) is 2.24. The van der Waals surface area contributed by atoms with Crippen molar-refractivity contribution >= 4 is 6.03 Å². The third-order valence-corrected chi connectivity index (χ3v) is 3.67. The Morgan fingerprint density at radius 3 is 2.86 bits per heavy atom. The average Bonchev–Trinajstić information content (AvgIpc) is 3.03. The van der Waals surface area contributed by atoms with E-state index in [4.69, 9.17) is 4.42 Å². The molecule has 0 aliphatic heterocycles. The van der Waals surface area contributed by atoms with Gasteiger partial charge in [0.2, 0.25) is 0 Å². The molecule has 0 aliphatic carbocycles. The smallest absolute Gasteiger partial charge is 0.315 e. The molecule has 1 unspecified atom stereocenters. The number of aromatic nitrogens is 1. The van der Waals surface area contributed by atoms with Crippen LogP contribution in [-0.2, 0) is 20.0 Å². The van der Waals surface area contributed by atoms with Crippen molar-refractivity contribution in [2.24, 2.45) is 7.05 Å². The second-order valence-corrected chi connectivity index (χ2v) is 5.38. The lowest BCUT2D eigenvalue weighted by atomic mass is 10.1. The number of aryl methyl sites for hydroxylation is 3. The summed E-state index contributed by atoms with van der Waals surface area (Å²) in [5, 5.41) is 5.80. The Labute approximate surface area is 125 Å². The molecule has 2 amide bonds. The topological polar surface area (TPSA) is 59.2 Å². The van der Waals surface area contributed by atoms with Crippen LogP contribution in [0.5, 0.6) is 0 Å². The number of urea groups is 1. The number of furan rings is 1. The monoisotopic (exact) mass is 289 g/mol. The zero-order valence-electron chi connectivity index (χ0n) is 12.8. The molecule has 0 bridgehead atoms. The van der Waals surface area contributed by atoms with Gasteiger partial charge in [0, 0.05) is 37.1 Å². The molecule has 5 nitrogen and oxygen atoms in total. The van der Waals surface area contributed by atoms with Crippen LogP contribution in [0, 0.1) is 6.92 Å². The lowest BCUT2D eigenvalue weighted by molar-refractivity contribution is 0.236. The number of nitrogens with zero attached hydrogens (tertiary/aromatic N) is 1. The van der Waals surface area contributed by atoms with Crippen LogP contribution in [0.4, 0.5) is 4.79 Å². The zero-order chi connectivity index (χ0) is 15.2. The summed E-state index contributed by atoms with van der Waals surface area (Å²) in [6, 6.07) is 6.00. The largest absolute Gasteiger partial charge is 0.469 e. The molecular weight excluding hydrogens is 266 g/mol. The van der Waals surface area contributed by atoms with Gasteiger partial charge < -0.3 is 19.6 Å². The van der Waals surface area contributed by atoms with Crippen LogP contribution in [0.25, 0.3) is 0 Å². The summed E-state index contributed by atoms with van der Waals surface area (Å²) in [7, 11) is 2.04. The summed E-state index contributed by atoms with van der Waals surface area (Å²) < 4.78 is 7.30. The molecule has 0 saturated heterocycles. The van der Waals surface area contributed by atoms with Gasteiger partial charge in [-0.2, -0.15) is 0 Å². The Balaban J connectivity index is 1.70. The Hall–Kier alpha value is -2.17. The second kappa shape index (κ2) is 7.02. The third kappa shape index (κ3) is 4.41. The van der Waals surface area contributed by atoms with Gasteiger partial charge in [-0.3, -0.25) is 0 Å². The van der Waals surface area contributed by atoms with Gasteiger partial charge in [0.25, 0.3) is 0 Å². The van der Waals surface area contributed by atoms with E-state index in [1.807, 2.05) is 39.2 Å². The molecule has 1 atom stereocenters. The molecule has 2 aromatic heterocycles. The standard InChI is InChI=1S/C16H23N3O2/c1-12(6-7-15-5-4-9-19(15)3)18-16(20)17-11-14-8-10-21-13(14)2/h4-5,8-10,12H,6-7,11H2,1-3H3,(H2,17,18,20). The molecule has 2 rings (SSSR count). The van der Waals surface area contributed by atoms with Crippen LogP contribution in [0.3, 0.4) is 0 Å². The van der Waals surface area contributed by atoms with E-state index in [-0.39, 0.29) is 12.1 Å². The minimum Gasteiger partial charge on any atom is -0.469 e. The van der Waals surface area contributed by atoms with E-state index in [1.165, 1.54) is 5.69 Å². The molecule has 0 aromatic carbocycles. The van der Waals surface area contributed by atoms with Crippen LogP contribution >= 0.6 is 0 Å². The summed E-state index contributed by atoms with van der Waals surface area (Å²) in [5.41, 5.74) is 2.28. The van der Waals surface area contributed by atoms with Crippen molar-refractivity contribution in [1.82, 2.24) is 15.2 Å². The number of hydrogen-bond acceptors (Lipinski definition) is 2. The molecule has 2 N–H and O–H groups in total. The van der Waals surface area contributed by atoms with Crippen molar-refractivity contribution in [2.45, 2.75) is 39.3 Å². The number of carbonyl (C=O) groups is 1. The first kappa shape index (κ1) is 15.2. The fourth-order valence-corrected chi connectivity index (χ4v) is 2.24. The quantitative estimate of drug-likeness (QED) is 0.859. The molecule has 21 heavy (non-hydrogen) atoms. The van der Waals surface area contributed by atoms with Gasteiger partial charge in [-0.1, -0.05) is 0 Å². The summed E-state index contributed by atoms with van der Waals surface area (Å²) >= 11 is 0. The van der Waals surface area contributed by atoms with Gasteiger partial charge in [-0.05, 0) is 44.9 Å². The van der Waals surface area contributed by atoms with Gasteiger partial charge in [0.05, 0.1) is 6.26 Å². The van der Waals surface area contributed by atoms with Crippen molar-refractivity contribution in [3.63, 3.8) is 0 Å². The summed E-state index contributed by atoms with van der Waals surface area (Å²) in [5.74, 6) is 0.840. The lowest BCUT2D eigenvalue weighted by Gasteiger charge is -2.14. The molecule has 0 fully saturated rings. The minimum atomic E-state index is -0.144. The van der Waals surface area contributed by atoms with Crippen LogP contribution in [0.1, 0.15) is 30.4 Å². The predicted molar refractivity (Wildman–Crippen MR) is 82.0 cm³/mol. The Bertz CT molecular complexity index is 586. The number of nitrogens with one attached hydrogen (secondary N) is 2. The van der Waals surface area contributed by atoms with Crippen LogP contribution in [0.2, 0.25) is 0 Å². The highest BCUT2D eigenvalue weighted by atomic mass is 16.3. The van der Waals surface area contributed by atoms with Crippen molar-refractivity contribution in [1.29, 1.82) is 0 Å². The zero-order valence-corrected chi connectivity index (χ0v) is 12.8. The van der Waals surface area contributed by atoms with Gasteiger partial charge in [0.1, 0.15) is 5.76 Å². The van der Waals surface area contributed by atoms with Crippen LogP contribution in [-0.4, -0.2) is 16.6 Å². The maximum Gasteiger partial charge on any atom is 0.315 e. The number of rotatable bonds is 6. The molecule has 114 valence electrons. The van der Waals surface area contributed by atoms with E-state index < -0.39 is 0 Å². The minimum absolute atomic E-state index is 0.130. The third-order valence-electron chi connectivity index (χ3n) is 3.67. The molecule has 0 aliphatic rings. The number of amides is 2. The van der Waals surface area contributed by atoms with Crippen molar-refractivity contribution in [3.8, 4) is 0 Å². The first-order valence-electron chi connectivity index (χ1n) is 7.24. The SMILES string of the molecule is Cc1occc1CNC(=O)NC(C)CCc1cccn1C. The highest BCUT2D eigenvalue weighted by Crippen LogP contribution is 2.08. The predicted octanol–water partition coefficient (Wildman–Crippen LogP) is 2.75. The maximum absolute atomic E-state index is 11.8. The van der Waals surface area contributed by atoms with Crippen molar-refractivity contribution in [3.05, 3.63) is 47.7 Å². The highest BCUT2D eigenvalue weighted by Gasteiger charge is 2.09. The average molecular weight is 289 g/mol. The van der Waals surface area contributed by atoms with E-state index in [1.54, 1.807) is 6.26 Å². The molecule has 2 aromatic rings. The molecule has 2 heterocycles. The van der Waals surface area contributed by atoms with Crippen molar-refractivity contribution in [2.75, 3.05) is 0 Å². The van der Waals surface area contributed by atoms with Gasteiger partial charge >= 0.3 is 6.03 Å². The molecule has 0 saturated carbocycles. The van der Waals surface area contributed by atoms with E-state index in [9.17, 15) is 4.79 Å². The molecular formula is C16H23N3O2. The highest BCUT2D eigenvalue weighted by molar-refractivity contribution is 5.74. The lowest BCUT2D eigenvalue weighted by Crippen LogP contribution is -2.40. The van der Waals surface area contributed by atoms with Gasteiger partial charge in [0.15, 0.2) is 0 Å². The maximum atomic E-state index is 11.8. The Morgan fingerprint density at radius 1 is 1.43 bits per heavy atom. The fraction of sp³-hybridized carbons (Fsp3) is 0.438. The van der Waals surface area contributed by atoms with E-state index in [2.05, 4.69) is 21.3 Å². The van der Waals surface area contributed by atoms with Crippen LogP contribution in [0.15, 0.2) is 35.1 Å². The Kier molecular flexibility index (Phi) is 5.09. The summed E-state index contributed by atoms with van der Waals surface area (Å²) in [6.45, 7) is 4.39. The first-order valence-corrected chi connectivity index (χ1v) is 7.24. The van der Waals surface area contributed by atoms with Crippen molar-refractivity contribution < 1.29 is 9.21 Å². The normalized spacial score (nSPS) is 12.1. The van der Waals surface area contributed by atoms with E-state index in [0.29, 0.717) is 6.54 Å².